The van der Waals surface area contributed by atoms with Gasteiger partial charge in [0, 0.05) is 24.7 Å². The van der Waals surface area contributed by atoms with E-state index in [1.165, 1.54) is 14.2 Å². The van der Waals surface area contributed by atoms with Crippen LogP contribution in [-0.4, -0.2) is 45.2 Å². The zero-order valence-corrected chi connectivity index (χ0v) is 18.1. The third kappa shape index (κ3) is 5.14. The first-order valence-electron chi connectivity index (χ1n) is 9.88. The predicted molar refractivity (Wildman–Crippen MR) is 116 cm³/mol. The summed E-state index contributed by atoms with van der Waals surface area (Å²) >= 11 is 0. The zero-order chi connectivity index (χ0) is 22.5. The van der Waals surface area contributed by atoms with E-state index in [0.29, 0.717) is 17.2 Å². The number of amides is 2. The second kappa shape index (κ2) is 9.51. The lowest BCUT2D eigenvalue weighted by molar-refractivity contribution is -0.151. The summed E-state index contributed by atoms with van der Waals surface area (Å²) in [4.78, 5) is 38.8. The Kier molecular flexibility index (Phi) is 6.79. The van der Waals surface area contributed by atoms with Gasteiger partial charge in [-0.2, -0.15) is 0 Å². The van der Waals surface area contributed by atoms with Crippen LogP contribution in [0.25, 0.3) is 0 Å². The molecule has 8 nitrogen and oxygen atoms in total. The van der Waals surface area contributed by atoms with Crippen LogP contribution in [0.2, 0.25) is 0 Å². The second-order valence-corrected chi connectivity index (χ2v) is 7.42. The molecule has 2 amide bonds. The Labute approximate surface area is 181 Å². The molecule has 31 heavy (non-hydrogen) atoms. The van der Waals surface area contributed by atoms with E-state index in [-0.39, 0.29) is 18.9 Å². The number of anilines is 2. The molecule has 2 aromatic carbocycles. The first kappa shape index (κ1) is 22.1. The normalized spacial score (nSPS) is 15.5. The molecule has 1 saturated heterocycles. The fourth-order valence-electron chi connectivity index (χ4n) is 3.46. The van der Waals surface area contributed by atoms with Crippen molar-refractivity contribution in [1.82, 2.24) is 0 Å². The van der Waals surface area contributed by atoms with Gasteiger partial charge in [-0.05, 0) is 43.2 Å². The van der Waals surface area contributed by atoms with Crippen LogP contribution in [0.15, 0.2) is 36.4 Å². The third-order valence-electron chi connectivity index (χ3n) is 5.14. The third-order valence-corrected chi connectivity index (χ3v) is 5.14. The van der Waals surface area contributed by atoms with Gasteiger partial charge in [-0.15, -0.1) is 0 Å². The van der Waals surface area contributed by atoms with Crippen molar-refractivity contribution in [3.8, 4) is 11.5 Å². The van der Waals surface area contributed by atoms with Gasteiger partial charge in [-0.25, -0.2) is 0 Å². The molecule has 1 aliphatic heterocycles. The molecule has 8 heteroatoms. The molecule has 1 N–H and O–H groups in total. The molecule has 1 atom stereocenters. The lowest BCUT2D eigenvalue weighted by Gasteiger charge is -2.19. The monoisotopic (exact) mass is 426 g/mol. The van der Waals surface area contributed by atoms with Gasteiger partial charge in [0.2, 0.25) is 5.91 Å². The van der Waals surface area contributed by atoms with Crippen LogP contribution in [-0.2, 0) is 19.1 Å². The van der Waals surface area contributed by atoms with E-state index in [1.807, 2.05) is 32.0 Å². The summed E-state index contributed by atoms with van der Waals surface area (Å²) in [6.07, 6.45) is 0.0531. The molecule has 0 spiro atoms. The van der Waals surface area contributed by atoms with Crippen molar-refractivity contribution < 1.29 is 28.6 Å². The van der Waals surface area contributed by atoms with Crippen LogP contribution in [0.5, 0.6) is 11.5 Å². The molecular weight excluding hydrogens is 400 g/mol. The van der Waals surface area contributed by atoms with Gasteiger partial charge in [0.05, 0.1) is 25.8 Å². The lowest BCUT2D eigenvalue weighted by Crippen LogP contribution is -2.28. The highest BCUT2D eigenvalue weighted by Gasteiger charge is 2.37. The fourth-order valence-corrected chi connectivity index (χ4v) is 3.46. The molecule has 0 unspecified atom stereocenters. The van der Waals surface area contributed by atoms with Crippen LogP contribution < -0.4 is 19.7 Å². The first-order valence-corrected chi connectivity index (χ1v) is 9.88. The number of hydrogen-bond acceptors (Lipinski definition) is 6. The van der Waals surface area contributed by atoms with Crippen LogP contribution in [0.4, 0.5) is 11.4 Å². The molecule has 0 aromatic heterocycles. The fraction of sp³-hybridized carbons (Fsp3) is 0.348. The van der Waals surface area contributed by atoms with Crippen molar-refractivity contribution in [2.45, 2.75) is 20.3 Å². The summed E-state index contributed by atoms with van der Waals surface area (Å²) in [6, 6.07) is 10.8. The minimum Gasteiger partial charge on any atom is -0.497 e. The van der Waals surface area contributed by atoms with E-state index >= 15 is 0 Å². The Bertz CT molecular complexity index is 1000. The number of benzene rings is 2. The molecule has 3 rings (SSSR count). The number of nitrogens with one attached hydrogen (secondary N) is 1. The Morgan fingerprint density at radius 1 is 1.10 bits per heavy atom. The molecule has 0 saturated carbocycles. The number of methoxy groups -OCH3 is 2. The van der Waals surface area contributed by atoms with Crippen LogP contribution >= 0.6 is 0 Å². The maximum Gasteiger partial charge on any atom is 0.311 e. The van der Waals surface area contributed by atoms with Crippen molar-refractivity contribution >= 4 is 29.2 Å². The minimum absolute atomic E-state index is 0.0531. The van der Waals surface area contributed by atoms with E-state index in [2.05, 4.69) is 5.32 Å². The summed E-state index contributed by atoms with van der Waals surface area (Å²) in [5.41, 5.74) is 3.19. The molecule has 1 heterocycles. The largest absolute Gasteiger partial charge is 0.497 e. The maximum atomic E-state index is 12.5. The smallest absolute Gasteiger partial charge is 0.311 e. The van der Waals surface area contributed by atoms with Gasteiger partial charge in [0.25, 0.3) is 5.91 Å². The number of nitrogens with zero attached hydrogens (tertiary/aromatic N) is 1. The second-order valence-electron chi connectivity index (χ2n) is 7.42. The van der Waals surface area contributed by atoms with Crippen molar-refractivity contribution in [3.63, 3.8) is 0 Å². The van der Waals surface area contributed by atoms with E-state index in [1.54, 1.807) is 23.1 Å². The van der Waals surface area contributed by atoms with E-state index < -0.39 is 24.4 Å². The van der Waals surface area contributed by atoms with Gasteiger partial charge in [-0.3, -0.25) is 14.4 Å². The number of carbonyl (C=O) groups excluding carboxylic acids is 3. The summed E-state index contributed by atoms with van der Waals surface area (Å²) in [6.45, 7) is 3.64. The molecule has 1 fully saturated rings. The Hall–Kier alpha value is -3.55. The number of carbonyl (C=O) groups is 3. The van der Waals surface area contributed by atoms with Crippen LogP contribution in [0, 0.1) is 19.8 Å². The zero-order valence-electron chi connectivity index (χ0n) is 18.1. The van der Waals surface area contributed by atoms with Gasteiger partial charge < -0.3 is 24.4 Å². The van der Waals surface area contributed by atoms with Crippen molar-refractivity contribution in [3.05, 3.63) is 47.5 Å². The first-order chi connectivity index (χ1) is 14.8. The Morgan fingerprint density at radius 2 is 1.87 bits per heavy atom. The van der Waals surface area contributed by atoms with Gasteiger partial charge in [0.15, 0.2) is 6.61 Å². The summed E-state index contributed by atoms with van der Waals surface area (Å²) < 4.78 is 15.5. The van der Waals surface area contributed by atoms with Gasteiger partial charge in [-0.1, -0.05) is 12.1 Å². The molecule has 0 radical (unpaired) electrons. The van der Waals surface area contributed by atoms with Gasteiger partial charge in [0.1, 0.15) is 11.5 Å². The molecule has 2 aromatic rings. The van der Waals surface area contributed by atoms with Gasteiger partial charge >= 0.3 is 5.97 Å². The number of esters is 1. The van der Waals surface area contributed by atoms with Crippen LogP contribution in [0.1, 0.15) is 17.5 Å². The Balaban J connectivity index is 1.58. The van der Waals surface area contributed by atoms with Crippen molar-refractivity contribution in [2.75, 3.05) is 37.6 Å². The standard InChI is InChI=1S/C23H26N2O6/c1-14-5-6-15(2)19(9-14)25-12-16(10-22(25)27)23(28)31-13-21(26)24-18-11-17(29-3)7-8-20(18)30-4/h5-9,11,16H,10,12-13H2,1-4H3,(H,24,26)/t16-/m0/s1. The molecule has 0 bridgehead atoms. The quantitative estimate of drug-likeness (QED) is 0.685. The minimum atomic E-state index is -0.619. The molecular formula is C23H26N2O6. The number of rotatable bonds is 7. The highest BCUT2D eigenvalue weighted by Crippen LogP contribution is 2.30. The average Bonchev–Trinajstić information content (AvgIpc) is 3.15. The number of ether oxygens (including phenoxy) is 3. The SMILES string of the molecule is COc1ccc(OC)c(NC(=O)COC(=O)[C@H]2CC(=O)N(c3cc(C)ccc3C)C2)c1. The maximum absolute atomic E-state index is 12.5. The topological polar surface area (TPSA) is 94.2 Å². The Morgan fingerprint density at radius 3 is 2.58 bits per heavy atom. The number of hydrogen-bond donors (Lipinski definition) is 1. The van der Waals surface area contributed by atoms with E-state index in [4.69, 9.17) is 14.2 Å². The van der Waals surface area contributed by atoms with E-state index in [9.17, 15) is 14.4 Å². The molecule has 0 aliphatic carbocycles. The van der Waals surface area contributed by atoms with E-state index in [0.717, 1.165) is 16.8 Å². The predicted octanol–water partition coefficient (Wildman–Crippen LogP) is 2.86. The average molecular weight is 426 g/mol. The highest BCUT2D eigenvalue weighted by atomic mass is 16.5. The van der Waals surface area contributed by atoms with Crippen molar-refractivity contribution in [1.29, 1.82) is 0 Å². The highest BCUT2D eigenvalue weighted by molar-refractivity contribution is 6.00. The van der Waals surface area contributed by atoms with Crippen molar-refractivity contribution in [2.24, 2.45) is 5.92 Å². The lowest BCUT2D eigenvalue weighted by atomic mass is 10.1. The summed E-state index contributed by atoms with van der Waals surface area (Å²) in [7, 11) is 3.00. The summed E-state index contributed by atoms with van der Waals surface area (Å²) in [5.74, 6) is -0.854. The molecule has 164 valence electrons. The van der Waals surface area contributed by atoms with Crippen LogP contribution in [0.3, 0.4) is 0 Å². The summed E-state index contributed by atoms with van der Waals surface area (Å²) in [5, 5.41) is 2.64. The molecule has 1 aliphatic rings. The number of aryl methyl sites for hydroxylation is 2.